The van der Waals surface area contributed by atoms with Crippen molar-refractivity contribution in [1.29, 1.82) is 5.26 Å². The molecule has 0 spiro atoms. The Morgan fingerprint density at radius 1 is 1.62 bits per heavy atom. The highest BCUT2D eigenvalue weighted by Crippen LogP contribution is 2.26. The quantitative estimate of drug-likeness (QED) is 0.789. The number of hydrogen-bond acceptors (Lipinski definition) is 3. The predicted molar refractivity (Wildman–Crippen MR) is 64.1 cm³/mol. The highest BCUT2D eigenvalue weighted by molar-refractivity contribution is 7.25. The minimum Gasteiger partial charge on any atom is -0.375 e. The number of allylic oxidation sites excluding steroid dienone is 1. The first-order chi connectivity index (χ1) is 7.70. The van der Waals surface area contributed by atoms with Crippen LogP contribution in [0.3, 0.4) is 0 Å². The molecule has 0 atom stereocenters. The third-order valence-corrected chi connectivity index (χ3v) is 3.97. The van der Waals surface area contributed by atoms with E-state index in [2.05, 4.69) is 22.6 Å². The lowest BCUT2D eigenvalue weighted by molar-refractivity contribution is 0.227. The molecular formula is C11H15N4P. The molecule has 5 heteroatoms. The van der Waals surface area contributed by atoms with Crippen LogP contribution >= 0.6 is 8.35 Å². The van der Waals surface area contributed by atoms with E-state index >= 15 is 0 Å². The van der Waals surface area contributed by atoms with Crippen LogP contribution in [0.25, 0.3) is 0 Å². The Hall–Kier alpha value is -1.33. The number of hydrogen-bond donors (Lipinski definition) is 0. The molecule has 84 valence electrons. The molecule has 16 heavy (non-hydrogen) atoms. The Morgan fingerprint density at radius 3 is 2.81 bits per heavy atom. The maximum Gasteiger partial charge on any atom is 0.167 e. The van der Waals surface area contributed by atoms with Gasteiger partial charge in [-0.25, -0.2) is 4.44 Å². The molecule has 1 aromatic heterocycles. The molecule has 0 amide bonds. The van der Waals surface area contributed by atoms with Crippen LogP contribution in [0.4, 0.5) is 0 Å². The minimum absolute atomic E-state index is 0.472. The number of piperidine rings is 1. The van der Waals surface area contributed by atoms with Gasteiger partial charge < -0.3 is 4.90 Å². The number of rotatable bonds is 2. The summed E-state index contributed by atoms with van der Waals surface area (Å²) in [7, 11) is 1.04. The van der Waals surface area contributed by atoms with Crippen molar-refractivity contribution in [3.8, 4) is 6.07 Å². The van der Waals surface area contributed by atoms with Crippen LogP contribution in [-0.2, 0) is 0 Å². The molecule has 2 rings (SSSR count). The summed E-state index contributed by atoms with van der Waals surface area (Å²) in [6.07, 6.45) is 2.19. The van der Waals surface area contributed by atoms with E-state index in [0.717, 1.165) is 40.0 Å². The maximum atomic E-state index is 8.73. The van der Waals surface area contributed by atoms with E-state index in [9.17, 15) is 0 Å². The van der Waals surface area contributed by atoms with Gasteiger partial charge in [0.25, 0.3) is 0 Å². The zero-order valence-corrected chi connectivity index (χ0v) is 10.3. The van der Waals surface area contributed by atoms with E-state index in [4.69, 9.17) is 5.26 Å². The first-order valence-electron chi connectivity index (χ1n) is 5.43. The van der Waals surface area contributed by atoms with Crippen LogP contribution in [0, 0.1) is 11.3 Å². The number of likely N-dealkylation sites (tertiary alicyclic amines) is 1. The zero-order chi connectivity index (χ0) is 11.5. The molecule has 0 aromatic carbocycles. The molecule has 0 aliphatic carbocycles. The van der Waals surface area contributed by atoms with Crippen LogP contribution in [0.2, 0.25) is 0 Å². The molecule has 4 nitrogen and oxygen atoms in total. The summed E-state index contributed by atoms with van der Waals surface area (Å²) in [5, 5.41) is 13.0. The summed E-state index contributed by atoms with van der Waals surface area (Å²) < 4.78 is 2.02. The Balaban J connectivity index is 1.99. The molecule has 0 bridgehead atoms. The normalized spacial score (nSPS) is 17.6. The molecule has 1 saturated heterocycles. The lowest BCUT2D eigenvalue weighted by Gasteiger charge is -2.33. The fourth-order valence-corrected chi connectivity index (χ4v) is 2.89. The van der Waals surface area contributed by atoms with Gasteiger partial charge in [-0.3, -0.25) is 0 Å². The van der Waals surface area contributed by atoms with Crippen LogP contribution in [0.15, 0.2) is 18.1 Å². The Kier molecular flexibility index (Phi) is 3.26. The van der Waals surface area contributed by atoms with Gasteiger partial charge in [0.2, 0.25) is 0 Å². The van der Waals surface area contributed by atoms with Gasteiger partial charge in [0.1, 0.15) is 6.07 Å². The van der Waals surface area contributed by atoms with E-state index in [1.165, 1.54) is 0 Å². The Labute approximate surface area is 97.3 Å². The molecule has 1 aromatic rings. The van der Waals surface area contributed by atoms with Crippen molar-refractivity contribution in [3.05, 3.63) is 23.8 Å². The number of nitrogens with zero attached hydrogens (tertiary/aromatic N) is 4. The first kappa shape index (κ1) is 11.2. The van der Waals surface area contributed by atoms with Crippen molar-refractivity contribution < 1.29 is 0 Å². The predicted octanol–water partition coefficient (Wildman–Crippen LogP) is 2.51. The molecule has 0 saturated carbocycles. The summed E-state index contributed by atoms with van der Waals surface area (Å²) in [6, 6.07) is 2.55. The fraction of sp³-hybridized carbons (Fsp3) is 0.545. The second kappa shape index (κ2) is 4.67. The third kappa shape index (κ3) is 2.25. The van der Waals surface area contributed by atoms with Gasteiger partial charge in [-0.05, 0) is 19.8 Å². The second-order valence-electron chi connectivity index (χ2n) is 4.12. The monoisotopic (exact) mass is 234 g/mol. The van der Waals surface area contributed by atoms with Crippen molar-refractivity contribution in [2.75, 3.05) is 13.1 Å². The van der Waals surface area contributed by atoms with E-state index in [1.807, 2.05) is 17.2 Å². The average Bonchev–Trinajstić information content (AvgIpc) is 2.77. The SMILES string of the molecule is C=C(C)N1CCC(n2nc(C#N)cp2)CC1. The lowest BCUT2D eigenvalue weighted by Crippen LogP contribution is -2.32. The minimum atomic E-state index is 0.472. The Morgan fingerprint density at radius 2 is 2.31 bits per heavy atom. The van der Waals surface area contributed by atoms with Gasteiger partial charge in [-0.15, -0.1) is 0 Å². The first-order valence-corrected chi connectivity index (χ1v) is 6.34. The molecule has 1 fully saturated rings. The van der Waals surface area contributed by atoms with Gasteiger partial charge in [0.15, 0.2) is 5.69 Å². The largest absolute Gasteiger partial charge is 0.375 e. The summed E-state index contributed by atoms with van der Waals surface area (Å²) in [5.74, 6) is 1.87. The Bertz CT molecular complexity index is 423. The van der Waals surface area contributed by atoms with Crippen molar-refractivity contribution in [2.45, 2.75) is 25.8 Å². The molecule has 0 unspecified atom stereocenters. The summed E-state index contributed by atoms with van der Waals surface area (Å²) in [5.41, 5.74) is 1.69. The average molecular weight is 234 g/mol. The van der Waals surface area contributed by atoms with E-state index in [0.29, 0.717) is 11.7 Å². The van der Waals surface area contributed by atoms with Crippen LogP contribution in [-0.4, -0.2) is 27.5 Å². The summed E-state index contributed by atoms with van der Waals surface area (Å²) >= 11 is 0. The van der Waals surface area contributed by atoms with Crippen molar-refractivity contribution in [1.82, 2.24) is 14.4 Å². The third-order valence-electron chi connectivity index (χ3n) is 2.95. The van der Waals surface area contributed by atoms with Crippen LogP contribution in [0.1, 0.15) is 31.5 Å². The summed E-state index contributed by atoms with van der Waals surface area (Å²) in [6.45, 7) is 8.10. The standard InChI is InChI=1S/C11H15N4P/c1-9(2)14-5-3-11(4-6-14)15-13-10(7-12)8-16-15/h8,11H,1,3-6H2,2H3. The molecule has 2 heterocycles. The second-order valence-corrected chi connectivity index (χ2v) is 5.01. The zero-order valence-electron chi connectivity index (χ0n) is 9.43. The van der Waals surface area contributed by atoms with Gasteiger partial charge in [0, 0.05) is 32.9 Å². The van der Waals surface area contributed by atoms with Gasteiger partial charge >= 0.3 is 0 Å². The molecule has 1 aliphatic heterocycles. The topological polar surface area (TPSA) is 44.9 Å². The highest BCUT2D eigenvalue weighted by atomic mass is 31.0. The van der Waals surface area contributed by atoms with Crippen molar-refractivity contribution in [2.24, 2.45) is 0 Å². The maximum absolute atomic E-state index is 8.73. The van der Waals surface area contributed by atoms with Crippen molar-refractivity contribution in [3.63, 3.8) is 0 Å². The molecular weight excluding hydrogens is 219 g/mol. The molecule has 0 radical (unpaired) electrons. The van der Waals surface area contributed by atoms with Gasteiger partial charge in [0.05, 0.1) is 6.04 Å². The van der Waals surface area contributed by atoms with Gasteiger partial charge in [-0.1, -0.05) is 6.58 Å². The van der Waals surface area contributed by atoms with E-state index in [-0.39, 0.29) is 0 Å². The molecule has 0 N–H and O–H groups in total. The van der Waals surface area contributed by atoms with Gasteiger partial charge in [-0.2, -0.15) is 10.4 Å². The number of aromatic nitrogens is 2. The van der Waals surface area contributed by atoms with E-state index < -0.39 is 0 Å². The summed E-state index contributed by atoms with van der Waals surface area (Å²) in [4.78, 5) is 2.31. The van der Waals surface area contributed by atoms with E-state index in [1.54, 1.807) is 0 Å². The lowest BCUT2D eigenvalue weighted by atomic mass is 10.1. The smallest absolute Gasteiger partial charge is 0.167 e. The van der Waals surface area contributed by atoms with Crippen LogP contribution in [0.5, 0.6) is 0 Å². The fourth-order valence-electron chi connectivity index (χ4n) is 1.98. The molecule has 1 aliphatic rings. The number of nitriles is 1. The van der Waals surface area contributed by atoms with Crippen molar-refractivity contribution >= 4 is 8.35 Å². The highest BCUT2D eigenvalue weighted by Gasteiger charge is 2.20. The van der Waals surface area contributed by atoms with Crippen LogP contribution < -0.4 is 0 Å².